The Morgan fingerprint density at radius 3 is 2.58 bits per heavy atom. The first-order valence-electron chi connectivity index (χ1n) is 11.2. The number of hydrogen-bond acceptors (Lipinski definition) is 5. The Morgan fingerprint density at radius 2 is 1.86 bits per heavy atom. The van der Waals surface area contributed by atoms with Crippen LogP contribution in [-0.2, 0) is 10.2 Å². The summed E-state index contributed by atoms with van der Waals surface area (Å²) in [7, 11) is 0. The van der Waals surface area contributed by atoms with Gasteiger partial charge in [0.1, 0.15) is 11.6 Å². The molecule has 0 spiro atoms. The van der Waals surface area contributed by atoms with E-state index < -0.39 is 5.41 Å². The number of halogens is 2. The van der Waals surface area contributed by atoms with Crippen LogP contribution in [0.15, 0.2) is 81.1 Å². The van der Waals surface area contributed by atoms with Crippen molar-refractivity contribution in [1.82, 2.24) is 9.66 Å². The lowest BCUT2D eigenvalue weighted by molar-refractivity contribution is -0.118. The zero-order valence-corrected chi connectivity index (χ0v) is 22.3. The fraction of sp³-hybridized carbons (Fsp3) is 0.185. The second-order valence-corrected chi connectivity index (χ2v) is 10.4. The number of ether oxygens (including phenoxy) is 1. The Kier molecular flexibility index (Phi) is 7.56. The summed E-state index contributed by atoms with van der Waals surface area (Å²) in [5.41, 5.74) is 1.12. The summed E-state index contributed by atoms with van der Waals surface area (Å²) in [5.74, 6) is 0.660. The van der Waals surface area contributed by atoms with E-state index in [4.69, 9.17) is 21.3 Å². The molecule has 0 fully saturated rings. The quantitative estimate of drug-likeness (QED) is 0.289. The van der Waals surface area contributed by atoms with E-state index in [1.54, 1.807) is 48.5 Å². The van der Waals surface area contributed by atoms with E-state index in [1.165, 1.54) is 10.9 Å². The fourth-order valence-corrected chi connectivity index (χ4v) is 3.94. The number of nitrogens with zero attached hydrogens (tertiary/aromatic N) is 3. The first kappa shape index (κ1) is 25.6. The number of rotatable bonds is 6. The third kappa shape index (κ3) is 6.01. The average Bonchev–Trinajstić information content (AvgIpc) is 2.84. The van der Waals surface area contributed by atoms with Gasteiger partial charge in [-0.2, -0.15) is 9.78 Å². The van der Waals surface area contributed by atoms with Gasteiger partial charge in [0.2, 0.25) is 0 Å². The minimum absolute atomic E-state index is 0.202. The van der Waals surface area contributed by atoms with Crippen LogP contribution < -0.4 is 15.6 Å². The van der Waals surface area contributed by atoms with Gasteiger partial charge in [0, 0.05) is 26.2 Å². The number of benzene rings is 3. The number of para-hydroxylation sites is 1. The van der Waals surface area contributed by atoms with E-state index in [0.29, 0.717) is 38.8 Å². The minimum Gasteiger partial charge on any atom is -0.483 e. The molecule has 36 heavy (non-hydrogen) atoms. The van der Waals surface area contributed by atoms with Crippen molar-refractivity contribution < 1.29 is 9.53 Å². The highest BCUT2D eigenvalue weighted by molar-refractivity contribution is 9.10. The molecule has 0 bridgehead atoms. The third-order valence-electron chi connectivity index (χ3n) is 5.20. The van der Waals surface area contributed by atoms with Crippen molar-refractivity contribution in [1.29, 1.82) is 0 Å². The van der Waals surface area contributed by atoms with Crippen LogP contribution in [0.5, 0.6) is 5.75 Å². The van der Waals surface area contributed by atoms with Crippen LogP contribution >= 0.6 is 27.5 Å². The van der Waals surface area contributed by atoms with Crippen molar-refractivity contribution in [2.75, 3.05) is 11.9 Å². The Bertz CT molecular complexity index is 1510. The van der Waals surface area contributed by atoms with Crippen molar-refractivity contribution in [3.05, 3.63) is 98.0 Å². The molecule has 0 unspecified atom stereocenters. The highest BCUT2D eigenvalue weighted by Crippen LogP contribution is 2.23. The number of amides is 1. The van der Waals surface area contributed by atoms with Crippen LogP contribution in [0.2, 0.25) is 5.02 Å². The molecule has 1 amide bonds. The zero-order valence-electron chi connectivity index (χ0n) is 20.0. The van der Waals surface area contributed by atoms with E-state index in [0.717, 1.165) is 4.47 Å². The molecule has 0 saturated heterocycles. The van der Waals surface area contributed by atoms with Crippen molar-refractivity contribution in [3.63, 3.8) is 0 Å². The Hall–Kier alpha value is -3.49. The van der Waals surface area contributed by atoms with Gasteiger partial charge in [-0.1, -0.05) is 60.4 Å². The van der Waals surface area contributed by atoms with Gasteiger partial charge >= 0.3 is 0 Å². The summed E-state index contributed by atoms with van der Waals surface area (Å²) >= 11 is 9.30. The molecule has 9 heteroatoms. The number of nitrogens with one attached hydrogen (secondary N) is 1. The van der Waals surface area contributed by atoms with Crippen molar-refractivity contribution in [2.45, 2.75) is 26.2 Å². The monoisotopic (exact) mass is 566 g/mol. The Morgan fingerprint density at radius 1 is 1.14 bits per heavy atom. The second kappa shape index (κ2) is 10.6. The molecule has 4 rings (SSSR count). The number of hydrogen-bond donors (Lipinski definition) is 1. The highest BCUT2D eigenvalue weighted by Gasteiger charge is 2.23. The third-order valence-corrected chi connectivity index (χ3v) is 5.94. The highest BCUT2D eigenvalue weighted by atomic mass is 79.9. The van der Waals surface area contributed by atoms with E-state index in [1.807, 2.05) is 39.0 Å². The van der Waals surface area contributed by atoms with Crippen molar-refractivity contribution in [3.8, 4) is 5.75 Å². The normalized spacial score (nSPS) is 11.7. The predicted octanol–water partition coefficient (Wildman–Crippen LogP) is 6.01. The Balaban J connectivity index is 1.61. The molecular formula is C27H24BrClN4O3. The molecule has 4 aromatic rings. The minimum atomic E-state index is -0.437. The molecule has 184 valence electrons. The van der Waals surface area contributed by atoms with Gasteiger partial charge in [-0.3, -0.25) is 9.59 Å². The zero-order chi connectivity index (χ0) is 25.9. The second-order valence-electron chi connectivity index (χ2n) is 9.09. The largest absolute Gasteiger partial charge is 0.483 e. The molecule has 3 aromatic carbocycles. The van der Waals surface area contributed by atoms with Crippen LogP contribution in [0.3, 0.4) is 0 Å². The molecule has 1 aromatic heterocycles. The maximum absolute atomic E-state index is 13.4. The van der Waals surface area contributed by atoms with Crippen LogP contribution in [0.25, 0.3) is 10.9 Å². The average molecular weight is 568 g/mol. The van der Waals surface area contributed by atoms with Gasteiger partial charge in [0.05, 0.1) is 17.1 Å². The molecular weight excluding hydrogens is 544 g/mol. The SMILES string of the molecule is CC(C)(C)c1nc2ccc(Br)cc2c(=O)n1N=Cc1ccccc1OCC(=O)Nc1ccc(Cl)cc1. The maximum Gasteiger partial charge on any atom is 0.282 e. The molecule has 0 saturated carbocycles. The molecule has 0 aliphatic heterocycles. The molecule has 7 nitrogen and oxygen atoms in total. The summed E-state index contributed by atoms with van der Waals surface area (Å²) in [6.45, 7) is 5.72. The van der Waals surface area contributed by atoms with Gasteiger partial charge in [0.25, 0.3) is 11.5 Å². The predicted molar refractivity (Wildman–Crippen MR) is 147 cm³/mol. The summed E-state index contributed by atoms with van der Waals surface area (Å²) < 4.78 is 7.86. The number of aromatic nitrogens is 2. The van der Waals surface area contributed by atoms with E-state index in [9.17, 15) is 9.59 Å². The summed E-state index contributed by atoms with van der Waals surface area (Å²) in [4.78, 5) is 30.4. The van der Waals surface area contributed by atoms with Crippen molar-refractivity contribution in [2.24, 2.45) is 5.10 Å². The number of anilines is 1. The number of carbonyl (C=O) groups is 1. The molecule has 0 atom stereocenters. The molecule has 0 radical (unpaired) electrons. The summed E-state index contributed by atoms with van der Waals surface area (Å²) in [5, 5.41) is 8.29. The van der Waals surface area contributed by atoms with E-state index in [2.05, 4.69) is 26.3 Å². The lowest BCUT2D eigenvalue weighted by Gasteiger charge is -2.21. The van der Waals surface area contributed by atoms with Crippen LogP contribution in [0.4, 0.5) is 5.69 Å². The Labute approximate surface area is 221 Å². The first-order chi connectivity index (χ1) is 17.1. The molecule has 1 N–H and O–H groups in total. The van der Waals surface area contributed by atoms with Gasteiger partial charge < -0.3 is 10.1 Å². The van der Waals surface area contributed by atoms with E-state index in [-0.39, 0.29) is 18.1 Å². The molecule has 1 heterocycles. The number of carbonyl (C=O) groups excluding carboxylic acids is 1. The van der Waals surface area contributed by atoms with Crippen LogP contribution in [-0.4, -0.2) is 28.4 Å². The lowest BCUT2D eigenvalue weighted by atomic mass is 9.95. The topological polar surface area (TPSA) is 85.6 Å². The standard InChI is InChI=1S/C27H24BrClN4O3/c1-27(2,3)26-32-22-13-8-18(28)14-21(22)25(35)33(26)30-15-17-6-4-5-7-23(17)36-16-24(34)31-20-11-9-19(29)10-12-20/h4-15H,16H2,1-3H3,(H,31,34). The molecule has 0 aliphatic carbocycles. The summed E-state index contributed by atoms with van der Waals surface area (Å²) in [6.07, 6.45) is 1.54. The van der Waals surface area contributed by atoms with Gasteiger partial charge in [-0.25, -0.2) is 4.98 Å². The molecule has 0 aliphatic rings. The van der Waals surface area contributed by atoms with E-state index >= 15 is 0 Å². The van der Waals surface area contributed by atoms with Gasteiger partial charge in [0.15, 0.2) is 6.61 Å². The van der Waals surface area contributed by atoms with Gasteiger partial charge in [-0.05, 0) is 54.6 Å². The van der Waals surface area contributed by atoms with Crippen LogP contribution in [0.1, 0.15) is 32.2 Å². The first-order valence-corrected chi connectivity index (χ1v) is 12.3. The smallest absolute Gasteiger partial charge is 0.282 e. The van der Waals surface area contributed by atoms with Gasteiger partial charge in [-0.15, -0.1) is 0 Å². The number of fused-ring (bicyclic) bond motifs is 1. The maximum atomic E-state index is 13.4. The van der Waals surface area contributed by atoms with Crippen molar-refractivity contribution >= 4 is 56.2 Å². The lowest BCUT2D eigenvalue weighted by Crippen LogP contribution is -2.29. The fourth-order valence-electron chi connectivity index (χ4n) is 3.45. The van der Waals surface area contributed by atoms with Crippen LogP contribution in [0, 0.1) is 0 Å². The summed E-state index contributed by atoms with van der Waals surface area (Å²) in [6, 6.07) is 19.4.